The Morgan fingerprint density at radius 3 is 2.26 bits per heavy atom. The molecule has 2 nitrogen and oxygen atoms in total. The molecular weight excluding hydrogens is 373 g/mol. The van der Waals surface area contributed by atoms with Crippen molar-refractivity contribution in [2.24, 2.45) is 0 Å². The van der Waals surface area contributed by atoms with Gasteiger partial charge in [0.1, 0.15) is 0 Å². The Morgan fingerprint density at radius 2 is 1.68 bits per heavy atom. The molecule has 1 amide bonds. The van der Waals surface area contributed by atoms with E-state index in [1.807, 2.05) is 48.5 Å². The third-order valence-electron chi connectivity index (χ3n) is 2.77. The Hall–Kier alpha value is -1.07. The Labute approximate surface area is 131 Å². The molecule has 0 heterocycles. The van der Waals surface area contributed by atoms with Crippen LogP contribution in [0.2, 0.25) is 5.02 Å². The van der Waals surface area contributed by atoms with Crippen molar-refractivity contribution in [1.82, 2.24) is 4.90 Å². The van der Waals surface area contributed by atoms with Gasteiger partial charge in [0.05, 0.1) is 0 Å². The van der Waals surface area contributed by atoms with Gasteiger partial charge in [-0.15, -0.1) is 0 Å². The van der Waals surface area contributed by atoms with Crippen molar-refractivity contribution >= 4 is 40.1 Å². The van der Waals surface area contributed by atoms with Gasteiger partial charge in [0.2, 0.25) is 0 Å². The van der Waals surface area contributed by atoms with E-state index in [1.165, 1.54) is 0 Å². The van der Waals surface area contributed by atoms with Gasteiger partial charge in [-0.2, -0.15) is 0 Å². The number of benzene rings is 2. The summed E-state index contributed by atoms with van der Waals surface area (Å²) < 4.78 is 1.12. The average molecular weight is 386 g/mol. The highest BCUT2D eigenvalue weighted by Crippen LogP contribution is 2.13. The fourth-order valence-electron chi connectivity index (χ4n) is 1.75. The number of rotatable bonds is 3. The molecule has 0 aliphatic carbocycles. The van der Waals surface area contributed by atoms with Crippen LogP contribution in [0.15, 0.2) is 48.5 Å². The van der Waals surface area contributed by atoms with Crippen molar-refractivity contribution in [3.05, 3.63) is 68.3 Å². The highest BCUT2D eigenvalue weighted by molar-refractivity contribution is 14.1. The van der Waals surface area contributed by atoms with Crippen LogP contribution in [-0.4, -0.2) is 17.9 Å². The van der Waals surface area contributed by atoms with E-state index in [9.17, 15) is 4.79 Å². The molecule has 0 aromatic heterocycles. The van der Waals surface area contributed by atoms with Crippen LogP contribution >= 0.6 is 34.2 Å². The summed E-state index contributed by atoms with van der Waals surface area (Å²) in [6.45, 7) is 0.571. The fourth-order valence-corrected chi connectivity index (χ4v) is 2.23. The molecule has 0 aliphatic rings. The van der Waals surface area contributed by atoms with Crippen molar-refractivity contribution in [2.75, 3.05) is 7.05 Å². The third kappa shape index (κ3) is 3.94. The number of carbonyl (C=O) groups is 1. The summed E-state index contributed by atoms with van der Waals surface area (Å²) in [4.78, 5) is 13.9. The molecule has 98 valence electrons. The maximum absolute atomic E-state index is 12.2. The predicted molar refractivity (Wildman–Crippen MR) is 86.4 cm³/mol. The monoisotopic (exact) mass is 385 g/mol. The lowest BCUT2D eigenvalue weighted by Gasteiger charge is -2.17. The Balaban J connectivity index is 2.07. The summed E-state index contributed by atoms with van der Waals surface area (Å²) in [7, 11) is 1.80. The number of carbonyl (C=O) groups excluding carboxylic acids is 1. The molecule has 0 aliphatic heterocycles. The van der Waals surface area contributed by atoms with E-state index < -0.39 is 0 Å². The van der Waals surface area contributed by atoms with E-state index in [4.69, 9.17) is 11.6 Å². The molecule has 19 heavy (non-hydrogen) atoms. The van der Waals surface area contributed by atoms with E-state index in [0.717, 1.165) is 9.13 Å². The van der Waals surface area contributed by atoms with Crippen LogP contribution in [0.1, 0.15) is 15.9 Å². The predicted octanol–water partition coefficient (Wildman–Crippen LogP) is 4.22. The van der Waals surface area contributed by atoms with Crippen molar-refractivity contribution in [3.8, 4) is 0 Å². The lowest BCUT2D eigenvalue weighted by molar-refractivity contribution is 0.0785. The van der Waals surface area contributed by atoms with Gasteiger partial charge in [0.25, 0.3) is 5.91 Å². The molecule has 0 atom stereocenters. The molecule has 0 N–H and O–H groups in total. The highest BCUT2D eigenvalue weighted by Gasteiger charge is 2.11. The molecule has 0 saturated carbocycles. The van der Waals surface area contributed by atoms with Gasteiger partial charge in [-0.05, 0) is 64.6 Å². The SMILES string of the molecule is CN(Cc1ccc(Cl)cc1)C(=O)c1ccc(I)cc1. The summed E-state index contributed by atoms with van der Waals surface area (Å²) >= 11 is 8.06. The Bertz CT molecular complexity index is 566. The second kappa shape index (κ2) is 6.39. The number of amides is 1. The van der Waals surface area contributed by atoms with Gasteiger partial charge in [-0.25, -0.2) is 0 Å². The molecule has 2 aromatic rings. The first-order valence-corrected chi connectivity index (χ1v) is 7.27. The maximum atomic E-state index is 12.2. The zero-order valence-electron chi connectivity index (χ0n) is 10.4. The molecule has 0 unspecified atom stereocenters. The molecule has 2 aromatic carbocycles. The van der Waals surface area contributed by atoms with E-state index in [0.29, 0.717) is 17.1 Å². The third-order valence-corrected chi connectivity index (χ3v) is 3.74. The van der Waals surface area contributed by atoms with Crippen LogP contribution in [0.5, 0.6) is 0 Å². The van der Waals surface area contributed by atoms with Crippen LogP contribution in [0.3, 0.4) is 0 Å². The quantitative estimate of drug-likeness (QED) is 0.725. The van der Waals surface area contributed by atoms with E-state index in [1.54, 1.807) is 11.9 Å². The van der Waals surface area contributed by atoms with Crippen molar-refractivity contribution in [2.45, 2.75) is 6.54 Å². The van der Waals surface area contributed by atoms with Gasteiger partial charge in [-0.1, -0.05) is 23.7 Å². The number of hydrogen-bond donors (Lipinski definition) is 0. The second-order valence-corrected chi connectivity index (χ2v) is 5.98. The van der Waals surface area contributed by atoms with Gasteiger partial charge in [-0.3, -0.25) is 4.79 Å². The summed E-state index contributed by atoms with van der Waals surface area (Å²) in [5.41, 5.74) is 1.77. The Kier molecular flexibility index (Phi) is 4.82. The van der Waals surface area contributed by atoms with Gasteiger partial charge >= 0.3 is 0 Å². The summed E-state index contributed by atoms with van der Waals surface area (Å²) in [5, 5.41) is 0.704. The Morgan fingerprint density at radius 1 is 1.11 bits per heavy atom. The van der Waals surface area contributed by atoms with Gasteiger partial charge < -0.3 is 4.90 Å². The first kappa shape index (κ1) is 14.3. The normalized spacial score (nSPS) is 10.3. The highest BCUT2D eigenvalue weighted by atomic mass is 127. The van der Waals surface area contributed by atoms with Crippen LogP contribution in [0.4, 0.5) is 0 Å². The minimum atomic E-state index is 0.0198. The first-order chi connectivity index (χ1) is 9.06. The fraction of sp³-hybridized carbons (Fsp3) is 0.133. The zero-order chi connectivity index (χ0) is 13.8. The molecule has 0 radical (unpaired) electrons. The zero-order valence-corrected chi connectivity index (χ0v) is 13.4. The lowest BCUT2D eigenvalue weighted by atomic mass is 10.1. The molecule has 0 bridgehead atoms. The standard InChI is InChI=1S/C15H13ClINO/c1-18(10-11-2-6-13(16)7-3-11)15(19)12-4-8-14(17)9-5-12/h2-9H,10H2,1H3. The lowest BCUT2D eigenvalue weighted by Crippen LogP contribution is -2.26. The number of hydrogen-bond acceptors (Lipinski definition) is 1. The van der Waals surface area contributed by atoms with Crippen molar-refractivity contribution < 1.29 is 4.79 Å². The van der Waals surface area contributed by atoms with Gasteiger partial charge in [0, 0.05) is 27.7 Å². The summed E-state index contributed by atoms with van der Waals surface area (Å²) in [6, 6.07) is 15.1. The maximum Gasteiger partial charge on any atom is 0.253 e. The minimum absolute atomic E-state index is 0.0198. The summed E-state index contributed by atoms with van der Waals surface area (Å²) in [5.74, 6) is 0.0198. The van der Waals surface area contributed by atoms with Crippen LogP contribution in [0, 0.1) is 3.57 Å². The molecule has 0 fully saturated rings. The molecule has 0 spiro atoms. The topological polar surface area (TPSA) is 20.3 Å². The smallest absolute Gasteiger partial charge is 0.253 e. The molecule has 0 saturated heterocycles. The number of halogens is 2. The van der Waals surface area contributed by atoms with E-state index >= 15 is 0 Å². The van der Waals surface area contributed by atoms with Crippen LogP contribution in [-0.2, 0) is 6.54 Å². The van der Waals surface area contributed by atoms with Crippen LogP contribution < -0.4 is 0 Å². The average Bonchev–Trinajstić information content (AvgIpc) is 2.41. The van der Waals surface area contributed by atoms with Crippen LogP contribution in [0.25, 0.3) is 0 Å². The number of nitrogens with zero attached hydrogens (tertiary/aromatic N) is 1. The van der Waals surface area contributed by atoms with E-state index in [-0.39, 0.29) is 5.91 Å². The molecular formula is C15H13ClINO. The first-order valence-electron chi connectivity index (χ1n) is 5.82. The largest absolute Gasteiger partial charge is 0.337 e. The van der Waals surface area contributed by atoms with Crippen molar-refractivity contribution in [1.29, 1.82) is 0 Å². The van der Waals surface area contributed by atoms with Gasteiger partial charge in [0.15, 0.2) is 0 Å². The second-order valence-electron chi connectivity index (χ2n) is 4.29. The van der Waals surface area contributed by atoms with Crippen molar-refractivity contribution in [3.63, 3.8) is 0 Å². The summed E-state index contributed by atoms with van der Waals surface area (Å²) in [6.07, 6.45) is 0. The molecule has 2 rings (SSSR count). The van der Waals surface area contributed by atoms with E-state index in [2.05, 4.69) is 22.6 Å². The molecule has 4 heteroatoms. The minimum Gasteiger partial charge on any atom is -0.337 e.